The number of benzene rings is 1. The molecule has 17 heavy (non-hydrogen) atoms. The topological polar surface area (TPSA) is 48.1 Å². The molecule has 0 saturated carbocycles. The van der Waals surface area contributed by atoms with E-state index in [0.29, 0.717) is 22.6 Å². The lowest BCUT2D eigenvalue weighted by Gasteiger charge is -2.07. The van der Waals surface area contributed by atoms with E-state index in [4.69, 9.17) is 33.7 Å². The van der Waals surface area contributed by atoms with E-state index >= 15 is 0 Å². The van der Waals surface area contributed by atoms with E-state index in [1.807, 2.05) is 0 Å². The van der Waals surface area contributed by atoms with Gasteiger partial charge >= 0.3 is 0 Å². The van der Waals surface area contributed by atoms with Crippen LogP contribution in [0, 0.1) is 0 Å². The third-order valence-electron chi connectivity index (χ3n) is 2.17. The summed E-state index contributed by atoms with van der Waals surface area (Å²) in [7, 11) is 0. The monoisotopic (exact) mass is 268 g/mol. The standard InChI is InChI=1S/C12H10Cl2N2O/c13-11-6-1-8(12(14)16-11)7-17-10-4-2-9(15)3-5-10/h1-6H,7,15H2. The van der Waals surface area contributed by atoms with Crippen molar-refractivity contribution >= 4 is 28.9 Å². The number of anilines is 1. The van der Waals surface area contributed by atoms with Crippen molar-refractivity contribution in [2.45, 2.75) is 6.61 Å². The minimum Gasteiger partial charge on any atom is -0.489 e. The molecule has 0 atom stereocenters. The summed E-state index contributed by atoms with van der Waals surface area (Å²) < 4.78 is 5.54. The summed E-state index contributed by atoms with van der Waals surface area (Å²) in [5.41, 5.74) is 7.06. The highest BCUT2D eigenvalue weighted by atomic mass is 35.5. The molecule has 0 spiro atoms. The molecule has 5 heteroatoms. The average molecular weight is 269 g/mol. The van der Waals surface area contributed by atoms with E-state index in [1.54, 1.807) is 36.4 Å². The van der Waals surface area contributed by atoms with Crippen molar-refractivity contribution in [1.82, 2.24) is 4.98 Å². The highest BCUT2D eigenvalue weighted by Crippen LogP contribution is 2.20. The number of hydrogen-bond donors (Lipinski definition) is 1. The quantitative estimate of drug-likeness (QED) is 0.684. The molecular weight excluding hydrogens is 259 g/mol. The van der Waals surface area contributed by atoms with Gasteiger partial charge in [-0.2, -0.15) is 0 Å². The summed E-state index contributed by atoms with van der Waals surface area (Å²) in [5, 5.41) is 0.721. The number of hydrogen-bond acceptors (Lipinski definition) is 3. The average Bonchev–Trinajstić information content (AvgIpc) is 2.30. The van der Waals surface area contributed by atoms with Crippen LogP contribution in [0.4, 0.5) is 5.69 Å². The molecule has 0 saturated heterocycles. The molecule has 88 valence electrons. The third-order valence-corrected chi connectivity index (χ3v) is 2.70. The van der Waals surface area contributed by atoms with E-state index in [1.165, 1.54) is 0 Å². The second kappa shape index (κ2) is 5.25. The molecular formula is C12H10Cl2N2O. The Hall–Kier alpha value is -1.45. The Morgan fingerprint density at radius 3 is 2.41 bits per heavy atom. The molecule has 2 N–H and O–H groups in total. The fraction of sp³-hybridized carbons (Fsp3) is 0.0833. The highest BCUT2D eigenvalue weighted by molar-refractivity contribution is 6.32. The Morgan fingerprint density at radius 2 is 1.76 bits per heavy atom. The van der Waals surface area contributed by atoms with Crippen molar-refractivity contribution in [3.05, 3.63) is 52.3 Å². The maximum absolute atomic E-state index is 5.93. The van der Waals surface area contributed by atoms with Crippen LogP contribution in [0.3, 0.4) is 0 Å². The summed E-state index contributed by atoms with van der Waals surface area (Å²) in [6, 6.07) is 10.6. The van der Waals surface area contributed by atoms with Crippen molar-refractivity contribution in [2.24, 2.45) is 0 Å². The molecule has 0 bridgehead atoms. The smallest absolute Gasteiger partial charge is 0.137 e. The predicted molar refractivity (Wildman–Crippen MR) is 69.4 cm³/mol. The molecule has 3 nitrogen and oxygen atoms in total. The number of rotatable bonds is 3. The minimum absolute atomic E-state index is 0.340. The number of nitrogen functional groups attached to an aromatic ring is 1. The molecule has 1 aromatic carbocycles. The van der Waals surface area contributed by atoms with E-state index in [9.17, 15) is 0 Å². The lowest BCUT2D eigenvalue weighted by atomic mass is 10.3. The van der Waals surface area contributed by atoms with E-state index in [-0.39, 0.29) is 0 Å². The van der Waals surface area contributed by atoms with Crippen molar-refractivity contribution in [3.63, 3.8) is 0 Å². The maximum Gasteiger partial charge on any atom is 0.137 e. The number of aromatic nitrogens is 1. The first kappa shape index (κ1) is 12.0. The molecule has 0 fully saturated rings. The van der Waals surface area contributed by atoms with Crippen molar-refractivity contribution < 1.29 is 4.74 Å². The van der Waals surface area contributed by atoms with Gasteiger partial charge in [-0.1, -0.05) is 23.2 Å². The summed E-state index contributed by atoms with van der Waals surface area (Å²) in [4.78, 5) is 3.93. The van der Waals surface area contributed by atoms with Gasteiger partial charge in [0.15, 0.2) is 0 Å². The summed E-state index contributed by atoms with van der Waals surface area (Å²) in [6.07, 6.45) is 0. The van der Waals surface area contributed by atoms with E-state index < -0.39 is 0 Å². The summed E-state index contributed by atoms with van der Waals surface area (Å²) in [6.45, 7) is 0.340. The van der Waals surface area contributed by atoms with Crippen LogP contribution in [0.25, 0.3) is 0 Å². The normalized spacial score (nSPS) is 10.2. The summed E-state index contributed by atoms with van der Waals surface area (Å²) >= 11 is 11.6. The zero-order valence-corrected chi connectivity index (χ0v) is 10.4. The molecule has 0 unspecified atom stereocenters. The van der Waals surface area contributed by atoms with Crippen LogP contribution >= 0.6 is 23.2 Å². The van der Waals surface area contributed by atoms with E-state index in [2.05, 4.69) is 4.98 Å². The maximum atomic E-state index is 5.93. The van der Waals surface area contributed by atoms with E-state index in [0.717, 1.165) is 11.3 Å². The second-order valence-electron chi connectivity index (χ2n) is 3.44. The Bertz CT molecular complexity index is 514. The summed E-state index contributed by atoms with van der Waals surface area (Å²) in [5.74, 6) is 0.727. The zero-order chi connectivity index (χ0) is 12.3. The SMILES string of the molecule is Nc1ccc(OCc2ccc(Cl)nc2Cl)cc1. The molecule has 1 aromatic heterocycles. The van der Waals surface area contributed by atoms with Gasteiger partial charge in [-0.25, -0.2) is 4.98 Å². The first-order valence-corrected chi connectivity index (χ1v) is 5.70. The lowest BCUT2D eigenvalue weighted by molar-refractivity contribution is 0.306. The zero-order valence-electron chi connectivity index (χ0n) is 8.86. The van der Waals surface area contributed by atoms with Crippen LogP contribution < -0.4 is 10.5 Å². The van der Waals surface area contributed by atoms with Crippen molar-refractivity contribution in [3.8, 4) is 5.75 Å². The Kier molecular flexibility index (Phi) is 3.71. The number of nitrogens with two attached hydrogens (primary N) is 1. The van der Waals surface area contributed by atoms with Gasteiger partial charge in [0.25, 0.3) is 0 Å². The van der Waals surface area contributed by atoms with Crippen LogP contribution in [0.1, 0.15) is 5.56 Å². The van der Waals surface area contributed by atoms with Crippen molar-refractivity contribution in [2.75, 3.05) is 5.73 Å². The van der Waals surface area contributed by atoms with Crippen LogP contribution in [0.2, 0.25) is 10.3 Å². The Labute approximate surface area is 109 Å². The van der Waals surface area contributed by atoms with Gasteiger partial charge < -0.3 is 10.5 Å². The molecule has 0 aliphatic carbocycles. The van der Waals surface area contributed by atoms with Gasteiger partial charge in [0, 0.05) is 11.3 Å². The van der Waals surface area contributed by atoms with Gasteiger partial charge in [-0.3, -0.25) is 0 Å². The Morgan fingerprint density at radius 1 is 1.06 bits per heavy atom. The highest BCUT2D eigenvalue weighted by Gasteiger charge is 2.03. The predicted octanol–water partition coefficient (Wildman–Crippen LogP) is 3.55. The van der Waals surface area contributed by atoms with Gasteiger partial charge in [-0.15, -0.1) is 0 Å². The Balaban J connectivity index is 2.04. The van der Waals surface area contributed by atoms with Crippen molar-refractivity contribution in [1.29, 1.82) is 0 Å². The molecule has 0 amide bonds. The largest absolute Gasteiger partial charge is 0.489 e. The molecule has 0 aliphatic rings. The van der Waals surface area contributed by atoms with Gasteiger partial charge in [-0.05, 0) is 36.4 Å². The van der Waals surface area contributed by atoms with Crippen LogP contribution in [-0.2, 0) is 6.61 Å². The molecule has 0 aliphatic heterocycles. The fourth-order valence-electron chi connectivity index (χ4n) is 1.27. The number of halogens is 2. The first-order chi connectivity index (χ1) is 8.15. The first-order valence-electron chi connectivity index (χ1n) is 4.94. The van der Waals surface area contributed by atoms with Gasteiger partial charge in [0.05, 0.1) is 0 Å². The van der Waals surface area contributed by atoms with Crippen LogP contribution in [0.5, 0.6) is 5.75 Å². The number of ether oxygens (including phenoxy) is 1. The number of pyridine rings is 1. The molecule has 1 heterocycles. The van der Waals surface area contributed by atoms with Gasteiger partial charge in [0.2, 0.25) is 0 Å². The fourth-order valence-corrected chi connectivity index (χ4v) is 1.67. The third kappa shape index (κ3) is 3.25. The van der Waals surface area contributed by atoms with Crippen LogP contribution in [-0.4, -0.2) is 4.98 Å². The number of nitrogens with zero attached hydrogens (tertiary/aromatic N) is 1. The second-order valence-corrected chi connectivity index (χ2v) is 4.19. The minimum atomic E-state index is 0.340. The molecule has 2 rings (SSSR count). The lowest BCUT2D eigenvalue weighted by Crippen LogP contribution is -1.97. The van der Waals surface area contributed by atoms with Gasteiger partial charge in [0.1, 0.15) is 22.7 Å². The molecule has 0 radical (unpaired) electrons. The van der Waals surface area contributed by atoms with Crippen LogP contribution in [0.15, 0.2) is 36.4 Å². The molecule has 2 aromatic rings.